The van der Waals surface area contributed by atoms with Gasteiger partial charge in [0, 0.05) is 43.1 Å². The predicted molar refractivity (Wildman–Crippen MR) is 116 cm³/mol. The Bertz CT molecular complexity index is 1280. The van der Waals surface area contributed by atoms with E-state index < -0.39 is 0 Å². The van der Waals surface area contributed by atoms with Crippen LogP contribution >= 0.6 is 0 Å². The average molecular weight is 382 g/mol. The highest BCUT2D eigenvalue weighted by Gasteiger charge is 2.09. The smallest absolute Gasteiger partial charge is 0.153 e. The van der Waals surface area contributed by atoms with Crippen LogP contribution in [0.2, 0.25) is 0 Å². The number of aromatic amines is 1. The Morgan fingerprint density at radius 3 is 2.83 bits per heavy atom. The van der Waals surface area contributed by atoms with Crippen LogP contribution in [0.15, 0.2) is 61.2 Å². The molecule has 4 heterocycles. The highest BCUT2D eigenvalue weighted by atomic mass is 15.3. The van der Waals surface area contributed by atoms with E-state index in [4.69, 9.17) is 4.98 Å². The van der Waals surface area contributed by atoms with E-state index in [0.717, 1.165) is 44.8 Å². The molecule has 0 atom stereocenters. The molecule has 0 saturated heterocycles. The van der Waals surface area contributed by atoms with Gasteiger partial charge in [-0.05, 0) is 34.8 Å². The summed E-state index contributed by atoms with van der Waals surface area (Å²) in [6, 6.07) is 12.2. The van der Waals surface area contributed by atoms with Gasteiger partial charge in [-0.1, -0.05) is 12.1 Å². The lowest BCUT2D eigenvalue weighted by Gasteiger charge is -2.12. The van der Waals surface area contributed by atoms with Crippen LogP contribution in [-0.2, 0) is 13.1 Å². The average Bonchev–Trinajstić information content (AvgIpc) is 3.38. The summed E-state index contributed by atoms with van der Waals surface area (Å²) >= 11 is 0. The maximum Gasteiger partial charge on any atom is 0.153 e. The Labute approximate surface area is 167 Å². The molecule has 0 bridgehead atoms. The van der Waals surface area contributed by atoms with E-state index >= 15 is 0 Å². The predicted octanol–water partition coefficient (Wildman–Crippen LogP) is 1.48. The van der Waals surface area contributed by atoms with E-state index in [1.54, 1.807) is 6.20 Å². The minimum atomic E-state index is 0.655. The molecule has 5 aromatic rings. The van der Waals surface area contributed by atoms with Gasteiger partial charge in [0.1, 0.15) is 19.5 Å². The van der Waals surface area contributed by atoms with Gasteiger partial charge in [0.25, 0.3) is 0 Å². The second-order valence-electron chi connectivity index (χ2n) is 6.95. The molecule has 0 radical (unpaired) electrons. The van der Waals surface area contributed by atoms with Crippen molar-refractivity contribution < 1.29 is 0 Å². The zero-order chi connectivity index (χ0) is 19.6. The fourth-order valence-corrected chi connectivity index (χ4v) is 3.28. The highest BCUT2D eigenvalue weighted by molar-refractivity contribution is 6.36. The molecule has 29 heavy (non-hydrogen) atoms. The van der Waals surface area contributed by atoms with Gasteiger partial charge in [0.2, 0.25) is 0 Å². The number of aromatic nitrogens is 6. The van der Waals surface area contributed by atoms with Crippen molar-refractivity contribution in [2.24, 2.45) is 0 Å². The lowest BCUT2D eigenvalue weighted by Crippen LogP contribution is -2.11. The fraction of sp³-hybridized carbons (Fsp3) is 0.100. The minimum absolute atomic E-state index is 0.655. The molecule has 9 heteroatoms. The first-order valence-electron chi connectivity index (χ1n) is 9.40. The van der Waals surface area contributed by atoms with Gasteiger partial charge in [-0.3, -0.25) is 10.1 Å². The molecular formula is C20H19BN8. The zero-order valence-electron chi connectivity index (χ0n) is 15.9. The number of pyridine rings is 1. The molecule has 0 aliphatic rings. The first kappa shape index (κ1) is 17.2. The third-order valence-electron chi connectivity index (χ3n) is 4.82. The Morgan fingerprint density at radius 1 is 1.00 bits per heavy atom. The quantitative estimate of drug-likeness (QED) is 0.385. The first-order valence-corrected chi connectivity index (χ1v) is 9.40. The number of fused-ring (bicyclic) bond motifs is 2. The van der Waals surface area contributed by atoms with Gasteiger partial charge in [-0.25, -0.2) is 4.98 Å². The number of nitrogens with zero attached hydrogens (tertiary/aromatic N) is 5. The van der Waals surface area contributed by atoms with E-state index in [1.165, 1.54) is 0 Å². The number of hydrogen-bond acceptors (Lipinski definition) is 6. The van der Waals surface area contributed by atoms with Crippen LogP contribution in [0.25, 0.3) is 16.6 Å². The normalized spacial score (nSPS) is 11.2. The maximum atomic E-state index is 4.74. The summed E-state index contributed by atoms with van der Waals surface area (Å²) in [4.78, 5) is 8.90. The standard InChI is InChI=1S/C20H19BN8/c21-16-12-26-29-19(24-10-14-2-1-5-22-8-14)7-18(27-20(16)29)23-9-13-3-4-17-15(6-13)11-25-28-17/h1-8,11-12,24H,9-10,21H2,(H,23,27)(H,25,28). The number of nitrogens with one attached hydrogen (secondary N) is 3. The zero-order valence-corrected chi connectivity index (χ0v) is 15.9. The van der Waals surface area contributed by atoms with Crippen LogP contribution in [0.1, 0.15) is 11.1 Å². The molecule has 0 amide bonds. The second-order valence-corrected chi connectivity index (χ2v) is 6.95. The summed E-state index contributed by atoms with van der Waals surface area (Å²) in [5, 5.41) is 19.5. The summed E-state index contributed by atoms with van der Waals surface area (Å²) in [5.41, 5.74) is 5.15. The van der Waals surface area contributed by atoms with Crippen LogP contribution in [-0.4, -0.2) is 37.6 Å². The molecule has 8 nitrogen and oxygen atoms in total. The van der Waals surface area contributed by atoms with Crippen LogP contribution < -0.4 is 16.1 Å². The Hall–Kier alpha value is -3.88. The van der Waals surface area contributed by atoms with Gasteiger partial charge in [-0.15, -0.1) is 0 Å². The first-order chi connectivity index (χ1) is 14.3. The number of rotatable bonds is 6. The van der Waals surface area contributed by atoms with Crippen LogP contribution in [0, 0.1) is 0 Å². The van der Waals surface area contributed by atoms with Crippen LogP contribution in [0.5, 0.6) is 0 Å². The lowest BCUT2D eigenvalue weighted by atomic mass is 10.0. The van der Waals surface area contributed by atoms with Crippen molar-refractivity contribution in [2.45, 2.75) is 13.1 Å². The second kappa shape index (κ2) is 7.27. The number of hydrogen-bond donors (Lipinski definition) is 3. The van der Waals surface area contributed by atoms with Crippen LogP contribution in [0.3, 0.4) is 0 Å². The monoisotopic (exact) mass is 382 g/mol. The molecule has 0 aliphatic heterocycles. The Morgan fingerprint density at radius 2 is 1.93 bits per heavy atom. The van der Waals surface area contributed by atoms with Crippen molar-refractivity contribution in [1.29, 1.82) is 0 Å². The third kappa shape index (κ3) is 3.50. The number of H-pyrrole nitrogens is 1. The summed E-state index contributed by atoms with van der Waals surface area (Å²) in [5.74, 6) is 1.67. The third-order valence-corrected chi connectivity index (χ3v) is 4.82. The summed E-state index contributed by atoms with van der Waals surface area (Å²) < 4.78 is 1.83. The topological polar surface area (TPSA) is 95.8 Å². The van der Waals surface area contributed by atoms with Crippen molar-refractivity contribution in [1.82, 2.24) is 29.8 Å². The molecule has 0 aliphatic carbocycles. The molecular weight excluding hydrogens is 363 g/mol. The van der Waals surface area contributed by atoms with Gasteiger partial charge >= 0.3 is 0 Å². The summed E-state index contributed by atoms with van der Waals surface area (Å²) in [6.45, 7) is 1.32. The van der Waals surface area contributed by atoms with Gasteiger partial charge in [0.15, 0.2) is 5.65 Å². The van der Waals surface area contributed by atoms with Gasteiger partial charge < -0.3 is 10.6 Å². The molecule has 1 aromatic carbocycles. The molecule has 0 unspecified atom stereocenters. The molecule has 3 N–H and O–H groups in total. The Kier molecular flexibility index (Phi) is 4.32. The van der Waals surface area contributed by atoms with Gasteiger partial charge in [0.05, 0.1) is 11.7 Å². The van der Waals surface area contributed by atoms with E-state index in [0.29, 0.717) is 13.1 Å². The fourth-order valence-electron chi connectivity index (χ4n) is 3.28. The number of anilines is 2. The molecule has 5 rings (SSSR count). The minimum Gasteiger partial charge on any atom is -0.366 e. The lowest BCUT2D eigenvalue weighted by molar-refractivity contribution is 0.922. The van der Waals surface area contributed by atoms with Crippen molar-refractivity contribution >= 4 is 41.5 Å². The van der Waals surface area contributed by atoms with Crippen molar-refractivity contribution in [3.8, 4) is 0 Å². The SMILES string of the molecule is Bc1cnn2c(NCc3cccnc3)cc(NCc3ccc4[nH]ncc4c3)nc12. The maximum absolute atomic E-state index is 4.74. The molecule has 4 aromatic heterocycles. The van der Waals surface area contributed by atoms with E-state index in [2.05, 4.69) is 43.0 Å². The molecule has 0 fully saturated rings. The van der Waals surface area contributed by atoms with Crippen molar-refractivity contribution in [3.05, 3.63) is 72.3 Å². The molecule has 0 saturated carbocycles. The summed E-state index contributed by atoms with van der Waals surface area (Å²) in [7, 11) is 2.01. The summed E-state index contributed by atoms with van der Waals surface area (Å²) in [6.07, 6.45) is 7.28. The Balaban J connectivity index is 1.40. The van der Waals surface area contributed by atoms with Crippen molar-refractivity contribution in [2.75, 3.05) is 10.6 Å². The van der Waals surface area contributed by atoms with Gasteiger partial charge in [-0.2, -0.15) is 14.7 Å². The van der Waals surface area contributed by atoms with E-state index in [1.807, 2.05) is 55.2 Å². The number of benzene rings is 1. The highest BCUT2D eigenvalue weighted by Crippen LogP contribution is 2.18. The van der Waals surface area contributed by atoms with E-state index in [-0.39, 0.29) is 0 Å². The molecule has 0 spiro atoms. The van der Waals surface area contributed by atoms with Crippen LogP contribution in [0.4, 0.5) is 11.6 Å². The molecule has 142 valence electrons. The van der Waals surface area contributed by atoms with E-state index in [9.17, 15) is 0 Å². The largest absolute Gasteiger partial charge is 0.366 e. The van der Waals surface area contributed by atoms with Crippen molar-refractivity contribution in [3.63, 3.8) is 0 Å².